The molecule has 6 amide bonds. The summed E-state index contributed by atoms with van der Waals surface area (Å²) in [5.74, 6) is -3.42. The van der Waals surface area contributed by atoms with E-state index in [1.807, 2.05) is 0 Å². The molecule has 3 heterocycles. The molecule has 0 unspecified atom stereocenters. The van der Waals surface area contributed by atoms with Crippen LogP contribution in [0.2, 0.25) is 0 Å². The van der Waals surface area contributed by atoms with Gasteiger partial charge in [0.15, 0.2) is 0 Å². The monoisotopic (exact) mass is 483 g/mol. The number of nitrogens with zero attached hydrogens (tertiary/aromatic N) is 3. The van der Waals surface area contributed by atoms with E-state index in [9.17, 15) is 28.8 Å². The Morgan fingerprint density at radius 2 is 1.00 bits per heavy atom. The van der Waals surface area contributed by atoms with Crippen molar-refractivity contribution in [2.45, 2.75) is 0 Å². The van der Waals surface area contributed by atoms with Crippen molar-refractivity contribution in [3.8, 4) is 0 Å². The number of fused-ring (bicyclic) bond motifs is 2. The van der Waals surface area contributed by atoms with Gasteiger partial charge in [-0.2, -0.15) is 0 Å². The Morgan fingerprint density at radius 3 is 1.42 bits per heavy atom. The highest BCUT2D eigenvalue weighted by Gasteiger charge is 2.36. The number of hydrogen-bond acceptors (Lipinski definition) is 7. The van der Waals surface area contributed by atoms with Gasteiger partial charge in [0.25, 0.3) is 35.4 Å². The molecule has 2 aliphatic rings. The third-order valence-electron chi connectivity index (χ3n) is 5.95. The molecule has 5 rings (SSSR count). The summed E-state index contributed by atoms with van der Waals surface area (Å²) in [5, 5.41) is 5.15. The fourth-order valence-corrected chi connectivity index (χ4v) is 4.07. The first-order valence-electron chi connectivity index (χ1n) is 10.7. The Morgan fingerprint density at radius 1 is 0.611 bits per heavy atom. The van der Waals surface area contributed by atoms with Crippen molar-refractivity contribution >= 4 is 46.8 Å². The quantitative estimate of drug-likeness (QED) is 0.540. The van der Waals surface area contributed by atoms with Crippen molar-refractivity contribution in [1.29, 1.82) is 0 Å². The molecular formula is C25H17N5O6. The molecule has 0 atom stereocenters. The smallest absolute Gasteiger partial charge is 0.274 e. The molecule has 11 heteroatoms. The number of anilines is 2. The predicted molar refractivity (Wildman–Crippen MR) is 126 cm³/mol. The summed E-state index contributed by atoms with van der Waals surface area (Å²) in [4.78, 5) is 81.1. The average molecular weight is 483 g/mol. The standard InChI is InChI=1S/C25H17N5O6/c1-29-22(33)12-6-3-8-14(18(12)24(29)35)27-20(31)16-10-5-11-17(26-16)21(32)28-15-9-4-7-13-19(15)25(36)30(2)23(13)34/h3-11H,1-2H3,(H,27,31)(H,28,32). The van der Waals surface area contributed by atoms with Crippen molar-refractivity contribution in [1.82, 2.24) is 14.8 Å². The van der Waals surface area contributed by atoms with E-state index in [1.54, 1.807) is 0 Å². The molecule has 0 saturated heterocycles. The van der Waals surface area contributed by atoms with Crippen LogP contribution in [0.5, 0.6) is 0 Å². The number of rotatable bonds is 4. The number of imide groups is 2. The SMILES string of the molecule is CN1C(=O)c2cccc(NC(=O)c3cccc(C(=O)Nc4cccc5c4C(=O)N(C)C5=O)n3)c2C1=O. The van der Waals surface area contributed by atoms with Gasteiger partial charge in [-0.1, -0.05) is 18.2 Å². The van der Waals surface area contributed by atoms with E-state index in [-0.39, 0.29) is 45.0 Å². The second-order valence-electron chi connectivity index (χ2n) is 8.11. The second-order valence-corrected chi connectivity index (χ2v) is 8.11. The lowest BCUT2D eigenvalue weighted by Crippen LogP contribution is -2.25. The molecule has 0 radical (unpaired) electrons. The Labute approximate surface area is 203 Å². The molecule has 0 spiro atoms. The highest BCUT2D eigenvalue weighted by molar-refractivity contribution is 6.25. The van der Waals surface area contributed by atoms with Crippen LogP contribution in [-0.2, 0) is 0 Å². The number of nitrogens with one attached hydrogen (secondary N) is 2. The number of carbonyl (C=O) groups excluding carboxylic acids is 6. The van der Waals surface area contributed by atoms with Crippen LogP contribution in [0.3, 0.4) is 0 Å². The summed E-state index contributed by atoms with van der Waals surface area (Å²) >= 11 is 0. The number of aromatic nitrogens is 1. The molecule has 2 N–H and O–H groups in total. The van der Waals surface area contributed by atoms with Gasteiger partial charge in [0.05, 0.1) is 33.6 Å². The van der Waals surface area contributed by atoms with Crippen molar-refractivity contribution in [2.75, 3.05) is 24.7 Å². The number of benzene rings is 2. The molecule has 11 nitrogen and oxygen atoms in total. The summed E-state index contributed by atoms with van der Waals surface area (Å²) < 4.78 is 0. The molecule has 3 aromatic rings. The summed E-state index contributed by atoms with van der Waals surface area (Å²) in [6.45, 7) is 0. The van der Waals surface area contributed by atoms with Crippen molar-refractivity contribution in [3.05, 3.63) is 88.2 Å². The Hall–Kier alpha value is -5.19. The normalized spacial score (nSPS) is 14.2. The number of carbonyl (C=O) groups is 6. The van der Waals surface area contributed by atoms with Crippen LogP contribution in [0.25, 0.3) is 0 Å². The van der Waals surface area contributed by atoms with Crippen molar-refractivity contribution in [3.63, 3.8) is 0 Å². The first-order chi connectivity index (χ1) is 17.2. The van der Waals surface area contributed by atoms with Gasteiger partial charge < -0.3 is 10.6 Å². The van der Waals surface area contributed by atoms with Crippen LogP contribution in [0, 0.1) is 0 Å². The molecule has 178 valence electrons. The largest absolute Gasteiger partial charge is 0.320 e. The number of pyridine rings is 1. The predicted octanol–water partition coefficient (Wildman–Crippen LogP) is 2.04. The molecular weight excluding hydrogens is 466 g/mol. The minimum absolute atomic E-state index is 0.0781. The first-order valence-corrected chi connectivity index (χ1v) is 10.7. The van der Waals surface area contributed by atoms with Gasteiger partial charge in [0.2, 0.25) is 0 Å². The van der Waals surface area contributed by atoms with Gasteiger partial charge in [-0.25, -0.2) is 4.98 Å². The molecule has 36 heavy (non-hydrogen) atoms. The maximum atomic E-state index is 12.9. The van der Waals surface area contributed by atoms with Crippen LogP contribution < -0.4 is 10.6 Å². The summed E-state index contributed by atoms with van der Waals surface area (Å²) in [7, 11) is 2.70. The number of hydrogen-bond donors (Lipinski definition) is 2. The molecule has 2 aliphatic heterocycles. The molecule has 0 fully saturated rings. The zero-order valence-electron chi connectivity index (χ0n) is 19.0. The van der Waals surface area contributed by atoms with Gasteiger partial charge in [0, 0.05) is 14.1 Å². The van der Waals surface area contributed by atoms with E-state index in [1.165, 1.54) is 68.7 Å². The lowest BCUT2D eigenvalue weighted by molar-refractivity contribution is 0.0678. The highest BCUT2D eigenvalue weighted by atomic mass is 16.2. The maximum Gasteiger partial charge on any atom is 0.274 e. The highest BCUT2D eigenvalue weighted by Crippen LogP contribution is 2.30. The molecule has 0 saturated carbocycles. The fourth-order valence-electron chi connectivity index (χ4n) is 4.07. The Bertz CT molecular complexity index is 1430. The summed E-state index contributed by atoms with van der Waals surface area (Å²) in [6.07, 6.45) is 0. The van der Waals surface area contributed by atoms with Crippen molar-refractivity contribution < 1.29 is 28.8 Å². The lowest BCUT2D eigenvalue weighted by Gasteiger charge is -2.10. The van der Waals surface area contributed by atoms with E-state index in [2.05, 4.69) is 15.6 Å². The number of amides is 6. The van der Waals surface area contributed by atoms with Gasteiger partial charge in [-0.3, -0.25) is 38.6 Å². The van der Waals surface area contributed by atoms with E-state index < -0.39 is 35.4 Å². The average Bonchev–Trinajstić information content (AvgIpc) is 3.25. The molecule has 0 aliphatic carbocycles. The van der Waals surface area contributed by atoms with Crippen LogP contribution in [0.15, 0.2) is 54.6 Å². The van der Waals surface area contributed by atoms with Crippen LogP contribution >= 0.6 is 0 Å². The van der Waals surface area contributed by atoms with Crippen LogP contribution in [-0.4, -0.2) is 64.3 Å². The molecule has 2 aromatic carbocycles. The molecule has 0 bridgehead atoms. The van der Waals surface area contributed by atoms with Gasteiger partial charge in [-0.05, 0) is 36.4 Å². The summed E-state index contributed by atoms with van der Waals surface area (Å²) in [6, 6.07) is 13.3. The minimum Gasteiger partial charge on any atom is -0.320 e. The van der Waals surface area contributed by atoms with Crippen LogP contribution in [0.1, 0.15) is 62.4 Å². The zero-order chi connectivity index (χ0) is 25.7. The maximum absolute atomic E-state index is 12.9. The first kappa shape index (κ1) is 22.6. The second kappa shape index (κ2) is 8.24. The fraction of sp³-hybridized carbons (Fsp3) is 0.0800. The van der Waals surface area contributed by atoms with E-state index in [4.69, 9.17) is 0 Å². The third-order valence-corrected chi connectivity index (χ3v) is 5.95. The van der Waals surface area contributed by atoms with Crippen molar-refractivity contribution in [2.24, 2.45) is 0 Å². The van der Waals surface area contributed by atoms with Gasteiger partial charge in [0.1, 0.15) is 11.4 Å². The summed E-state index contributed by atoms with van der Waals surface area (Å²) in [5.41, 5.74) is 0.562. The lowest BCUT2D eigenvalue weighted by atomic mass is 10.1. The zero-order valence-corrected chi connectivity index (χ0v) is 19.0. The van der Waals surface area contributed by atoms with E-state index >= 15 is 0 Å². The third kappa shape index (κ3) is 3.41. The Balaban J connectivity index is 1.39. The van der Waals surface area contributed by atoms with Gasteiger partial charge >= 0.3 is 0 Å². The molecule has 1 aromatic heterocycles. The van der Waals surface area contributed by atoms with E-state index in [0.717, 1.165) is 9.80 Å². The minimum atomic E-state index is -0.698. The van der Waals surface area contributed by atoms with Gasteiger partial charge in [-0.15, -0.1) is 0 Å². The Kier molecular flexibility index (Phi) is 5.17. The van der Waals surface area contributed by atoms with E-state index in [0.29, 0.717) is 0 Å². The van der Waals surface area contributed by atoms with Crippen LogP contribution in [0.4, 0.5) is 11.4 Å². The topological polar surface area (TPSA) is 146 Å².